The third-order valence-corrected chi connectivity index (χ3v) is 3.72. The molecular weight excluding hydrogens is 395 g/mol. The molecule has 7 nitrogen and oxygen atoms in total. The molecule has 0 bridgehead atoms. The first-order valence-corrected chi connectivity index (χ1v) is 8.98. The first kappa shape index (κ1) is 23.0. The van der Waals surface area contributed by atoms with Gasteiger partial charge in [0.1, 0.15) is 5.75 Å². The first-order chi connectivity index (χ1) is 12.4. The van der Waals surface area contributed by atoms with E-state index in [1.807, 2.05) is 20.8 Å². The number of ether oxygens (including phenoxy) is 2. The van der Waals surface area contributed by atoms with Crippen molar-refractivity contribution in [2.75, 3.05) is 20.2 Å². The molecule has 1 rings (SSSR count). The fraction of sp³-hybridized carbons (Fsp3) is 0.500. The van der Waals surface area contributed by atoms with Crippen LogP contribution in [0.4, 0.5) is 0 Å². The number of nitrogens with one attached hydrogen (secondary N) is 1. The highest BCUT2D eigenvalue weighted by molar-refractivity contribution is 6.35. The molecule has 27 heavy (non-hydrogen) atoms. The Morgan fingerprint density at radius 2 is 1.85 bits per heavy atom. The van der Waals surface area contributed by atoms with E-state index in [1.165, 1.54) is 31.0 Å². The van der Waals surface area contributed by atoms with Gasteiger partial charge >= 0.3 is 5.97 Å². The Morgan fingerprint density at radius 3 is 2.41 bits per heavy atom. The van der Waals surface area contributed by atoms with E-state index >= 15 is 0 Å². The largest absolute Gasteiger partial charge is 0.477 e. The van der Waals surface area contributed by atoms with Crippen LogP contribution in [0.3, 0.4) is 0 Å². The van der Waals surface area contributed by atoms with E-state index in [9.17, 15) is 14.4 Å². The van der Waals surface area contributed by atoms with E-state index < -0.39 is 30.1 Å². The van der Waals surface area contributed by atoms with Crippen LogP contribution in [0.2, 0.25) is 10.0 Å². The molecule has 0 aliphatic carbocycles. The van der Waals surface area contributed by atoms with E-state index in [0.29, 0.717) is 5.02 Å². The predicted molar refractivity (Wildman–Crippen MR) is 103 cm³/mol. The number of amides is 2. The predicted octanol–water partition coefficient (Wildman–Crippen LogP) is 2.68. The Bertz CT molecular complexity index is 703. The molecule has 0 aliphatic heterocycles. The molecule has 0 saturated carbocycles. The number of benzene rings is 1. The minimum absolute atomic E-state index is 0.139. The maximum Gasteiger partial charge on any atom is 0.347 e. The molecule has 0 unspecified atom stereocenters. The Labute approximate surface area is 168 Å². The maximum absolute atomic E-state index is 12.0. The molecule has 1 aromatic rings. The standard InChI is InChI=1S/C18H24Cl2N2O5/c1-11(27-14-7-6-12(19)8-13(14)20)17(25)26-10-16(24)22(5)9-15(23)21-18(2,3)4/h6-8,11H,9-10H2,1-5H3,(H,21,23)/t11-/m0/s1. The van der Waals surface area contributed by atoms with E-state index in [0.717, 1.165) is 0 Å². The number of halogens is 2. The van der Waals surface area contributed by atoms with Crippen LogP contribution in [0.15, 0.2) is 18.2 Å². The van der Waals surface area contributed by atoms with Gasteiger partial charge in [0.25, 0.3) is 5.91 Å². The van der Waals surface area contributed by atoms with Crippen LogP contribution in [0.1, 0.15) is 27.7 Å². The van der Waals surface area contributed by atoms with Crippen molar-refractivity contribution in [3.63, 3.8) is 0 Å². The lowest BCUT2D eigenvalue weighted by Gasteiger charge is -2.23. The summed E-state index contributed by atoms with van der Waals surface area (Å²) >= 11 is 11.8. The van der Waals surface area contributed by atoms with Crippen LogP contribution < -0.4 is 10.1 Å². The highest BCUT2D eigenvalue weighted by Crippen LogP contribution is 2.28. The van der Waals surface area contributed by atoms with Gasteiger partial charge in [-0.25, -0.2) is 4.79 Å². The Balaban J connectivity index is 2.47. The zero-order chi connectivity index (χ0) is 20.8. The number of esters is 1. The molecule has 1 aromatic carbocycles. The molecule has 150 valence electrons. The average molecular weight is 419 g/mol. The van der Waals surface area contributed by atoms with Gasteiger partial charge in [0.2, 0.25) is 5.91 Å². The average Bonchev–Trinajstić information content (AvgIpc) is 2.52. The molecule has 0 spiro atoms. The Morgan fingerprint density at radius 1 is 1.22 bits per heavy atom. The number of hydrogen-bond acceptors (Lipinski definition) is 5. The Kier molecular flexibility index (Phi) is 8.37. The molecule has 0 saturated heterocycles. The van der Waals surface area contributed by atoms with Crippen LogP contribution in [-0.4, -0.2) is 54.5 Å². The summed E-state index contributed by atoms with van der Waals surface area (Å²) in [6.45, 7) is 6.34. The molecular formula is C18H24Cl2N2O5. The van der Waals surface area contributed by atoms with Crippen molar-refractivity contribution in [3.8, 4) is 5.75 Å². The topological polar surface area (TPSA) is 84.9 Å². The van der Waals surface area contributed by atoms with Crippen molar-refractivity contribution >= 4 is 41.0 Å². The van der Waals surface area contributed by atoms with Crippen LogP contribution in [0.5, 0.6) is 5.75 Å². The van der Waals surface area contributed by atoms with Gasteiger partial charge in [-0.1, -0.05) is 23.2 Å². The lowest BCUT2D eigenvalue weighted by atomic mass is 10.1. The second-order valence-electron chi connectivity index (χ2n) is 6.99. The van der Waals surface area contributed by atoms with Crippen LogP contribution in [0, 0.1) is 0 Å². The molecule has 0 heterocycles. The molecule has 9 heteroatoms. The minimum atomic E-state index is -0.981. The molecule has 1 atom stereocenters. The molecule has 0 aromatic heterocycles. The van der Waals surface area contributed by atoms with Gasteiger partial charge in [0, 0.05) is 17.6 Å². The summed E-state index contributed by atoms with van der Waals surface area (Å²) in [5.41, 5.74) is -0.400. The summed E-state index contributed by atoms with van der Waals surface area (Å²) in [4.78, 5) is 37.0. The summed E-state index contributed by atoms with van der Waals surface area (Å²) in [6.07, 6.45) is -0.981. The third kappa shape index (κ3) is 8.49. The van der Waals surface area contributed by atoms with Crippen LogP contribution in [0.25, 0.3) is 0 Å². The van der Waals surface area contributed by atoms with Gasteiger partial charge in [-0.15, -0.1) is 0 Å². The van der Waals surface area contributed by atoms with Crippen LogP contribution >= 0.6 is 23.2 Å². The van der Waals surface area contributed by atoms with Crippen molar-refractivity contribution < 1.29 is 23.9 Å². The van der Waals surface area contributed by atoms with Crippen LogP contribution in [-0.2, 0) is 19.1 Å². The summed E-state index contributed by atoms with van der Waals surface area (Å²) in [5, 5.41) is 3.43. The van der Waals surface area contributed by atoms with Crippen molar-refractivity contribution in [1.82, 2.24) is 10.2 Å². The van der Waals surface area contributed by atoms with Gasteiger partial charge in [-0.3, -0.25) is 9.59 Å². The number of nitrogens with zero attached hydrogens (tertiary/aromatic N) is 1. The van der Waals surface area contributed by atoms with E-state index in [1.54, 1.807) is 6.07 Å². The molecule has 0 aliphatic rings. The third-order valence-electron chi connectivity index (χ3n) is 3.19. The number of hydrogen-bond donors (Lipinski definition) is 1. The maximum atomic E-state index is 12.0. The van der Waals surface area contributed by atoms with E-state index in [-0.39, 0.29) is 23.2 Å². The number of rotatable bonds is 7. The van der Waals surface area contributed by atoms with Crippen molar-refractivity contribution in [1.29, 1.82) is 0 Å². The van der Waals surface area contributed by atoms with Crippen molar-refractivity contribution in [3.05, 3.63) is 28.2 Å². The van der Waals surface area contributed by atoms with Gasteiger partial charge in [-0.2, -0.15) is 0 Å². The fourth-order valence-electron chi connectivity index (χ4n) is 1.93. The summed E-state index contributed by atoms with van der Waals surface area (Å²) in [7, 11) is 1.45. The van der Waals surface area contributed by atoms with E-state index in [4.69, 9.17) is 32.7 Å². The van der Waals surface area contributed by atoms with Gasteiger partial charge in [-0.05, 0) is 45.9 Å². The Hall–Kier alpha value is -1.99. The second kappa shape index (κ2) is 9.80. The second-order valence-corrected chi connectivity index (χ2v) is 7.83. The van der Waals surface area contributed by atoms with Crippen molar-refractivity contribution in [2.45, 2.75) is 39.3 Å². The molecule has 0 fully saturated rings. The fourth-order valence-corrected chi connectivity index (χ4v) is 2.38. The smallest absolute Gasteiger partial charge is 0.347 e. The van der Waals surface area contributed by atoms with Crippen molar-refractivity contribution in [2.24, 2.45) is 0 Å². The molecule has 2 amide bonds. The van der Waals surface area contributed by atoms with E-state index in [2.05, 4.69) is 5.32 Å². The quantitative estimate of drug-likeness (QED) is 0.687. The summed E-state index contributed by atoms with van der Waals surface area (Å²) < 4.78 is 10.4. The van der Waals surface area contributed by atoms with Gasteiger partial charge in [0.05, 0.1) is 11.6 Å². The highest BCUT2D eigenvalue weighted by atomic mass is 35.5. The highest BCUT2D eigenvalue weighted by Gasteiger charge is 2.22. The molecule has 1 N–H and O–H groups in total. The zero-order valence-corrected chi connectivity index (χ0v) is 17.5. The minimum Gasteiger partial charge on any atom is -0.477 e. The normalized spacial score (nSPS) is 12.1. The monoisotopic (exact) mass is 418 g/mol. The van der Waals surface area contributed by atoms with Gasteiger partial charge in [0.15, 0.2) is 12.7 Å². The number of carbonyl (C=O) groups excluding carboxylic acids is 3. The SMILES string of the molecule is C[C@H](Oc1ccc(Cl)cc1Cl)C(=O)OCC(=O)N(C)CC(=O)NC(C)(C)C. The number of likely N-dealkylation sites (N-methyl/N-ethyl adjacent to an activating group) is 1. The summed E-state index contributed by atoms with van der Waals surface area (Å²) in [5.74, 6) is -1.28. The summed E-state index contributed by atoms with van der Waals surface area (Å²) in [6, 6.07) is 4.58. The lowest BCUT2D eigenvalue weighted by Crippen LogP contribution is -2.47. The lowest BCUT2D eigenvalue weighted by molar-refractivity contribution is -0.157. The van der Waals surface area contributed by atoms with Gasteiger partial charge < -0.3 is 19.7 Å². The first-order valence-electron chi connectivity index (χ1n) is 8.22. The molecule has 0 radical (unpaired) electrons. The zero-order valence-electron chi connectivity index (χ0n) is 16.0. The number of carbonyl (C=O) groups is 3.